The summed E-state index contributed by atoms with van der Waals surface area (Å²) >= 11 is 0. The van der Waals surface area contributed by atoms with E-state index in [0.29, 0.717) is 5.56 Å². The maximum absolute atomic E-state index is 12.9. The third-order valence-electron chi connectivity index (χ3n) is 3.66. The van der Waals surface area contributed by atoms with E-state index < -0.39 is 6.10 Å². The van der Waals surface area contributed by atoms with Gasteiger partial charge in [0.15, 0.2) is 0 Å². The molecular formula is C17H16FN5O2. The number of hydrogen-bond donors (Lipinski definition) is 2. The van der Waals surface area contributed by atoms with Gasteiger partial charge in [-0.15, -0.1) is 5.10 Å². The van der Waals surface area contributed by atoms with E-state index in [4.69, 9.17) is 0 Å². The lowest BCUT2D eigenvalue weighted by Crippen LogP contribution is -2.29. The van der Waals surface area contributed by atoms with Crippen LogP contribution in [0.2, 0.25) is 0 Å². The number of aromatic nitrogens is 4. The van der Waals surface area contributed by atoms with E-state index in [1.54, 1.807) is 0 Å². The van der Waals surface area contributed by atoms with Crippen LogP contribution in [0.4, 0.5) is 4.39 Å². The zero-order valence-corrected chi connectivity index (χ0v) is 13.2. The molecule has 0 aliphatic carbocycles. The summed E-state index contributed by atoms with van der Waals surface area (Å²) in [4.78, 5) is 12.0. The first-order valence-corrected chi connectivity index (χ1v) is 7.64. The molecule has 2 N–H and O–H groups in total. The fraction of sp³-hybridized carbons (Fsp3) is 0.176. The number of nitrogens with zero attached hydrogens (tertiary/aromatic N) is 4. The second-order valence-corrected chi connectivity index (χ2v) is 5.47. The molecule has 1 atom stereocenters. The molecule has 3 rings (SSSR count). The highest BCUT2D eigenvalue weighted by Gasteiger charge is 2.10. The Kier molecular flexibility index (Phi) is 5.10. The van der Waals surface area contributed by atoms with Gasteiger partial charge in [-0.3, -0.25) is 4.79 Å². The van der Waals surface area contributed by atoms with Crippen LogP contribution in [-0.4, -0.2) is 37.8 Å². The lowest BCUT2D eigenvalue weighted by molar-refractivity contribution is -0.120. The molecule has 0 aliphatic rings. The number of carbonyl (C=O) groups excluding carboxylic acids is 1. The number of nitrogens with one attached hydrogen (secondary N) is 1. The molecule has 7 nitrogen and oxygen atoms in total. The summed E-state index contributed by atoms with van der Waals surface area (Å²) in [5, 5.41) is 23.6. The number of aliphatic hydroxyl groups excluding tert-OH is 1. The molecule has 0 bridgehead atoms. The number of hydrogen-bond acceptors (Lipinski definition) is 5. The van der Waals surface area contributed by atoms with Gasteiger partial charge in [0.25, 0.3) is 0 Å². The Hall–Kier alpha value is -3.13. The van der Waals surface area contributed by atoms with Crippen molar-refractivity contribution < 1.29 is 14.3 Å². The number of carbonyl (C=O) groups is 1. The number of rotatable bonds is 6. The fourth-order valence-corrected chi connectivity index (χ4v) is 2.31. The van der Waals surface area contributed by atoms with Gasteiger partial charge in [-0.05, 0) is 45.8 Å². The minimum Gasteiger partial charge on any atom is -0.387 e. The first-order valence-electron chi connectivity index (χ1n) is 7.64. The van der Waals surface area contributed by atoms with Gasteiger partial charge >= 0.3 is 0 Å². The molecule has 1 heterocycles. The predicted molar refractivity (Wildman–Crippen MR) is 87.2 cm³/mol. The molecule has 1 aromatic heterocycles. The number of benzene rings is 2. The highest BCUT2D eigenvalue weighted by molar-refractivity contribution is 5.78. The summed E-state index contributed by atoms with van der Waals surface area (Å²) in [5.41, 5.74) is 2.17. The van der Waals surface area contributed by atoms with Crippen molar-refractivity contribution in [3.8, 4) is 5.69 Å². The monoisotopic (exact) mass is 341 g/mol. The first kappa shape index (κ1) is 16.7. The third-order valence-corrected chi connectivity index (χ3v) is 3.66. The van der Waals surface area contributed by atoms with Gasteiger partial charge in [0.2, 0.25) is 5.91 Å². The molecule has 25 heavy (non-hydrogen) atoms. The third kappa shape index (κ3) is 4.45. The summed E-state index contributed by atoms with van der Waals surface area (Å²) < 4.78 is 14.4. The molecule has 8 heteroatoms. The van der Waals surface area contributed by atoms with Crippen molar-refractivity contribution in [2.24, 2.45) is 0 Å². The van der Waals surface area contributed by atoms with Gasteiger partial charge in [0.1, 0.15) is 12.1 Å². The summed E-state index contributed by atoms with van der Waals surface area (Å²) in [6, 6.07) is 12.8. The quantitative estimate of drug-likeness (QED) is 0.703. The zero-order chi connectivity index (χ0) is 17.6. The smallest absolute Gasteiger partial charge is 0.224 e. The fourth-order valence-electron chi connectivity index (χ4n) is 2.31. The number of halogens is 1. The van der Waals surface area contributed by atoms with Crippen LogP contribution < -0.4 is 5.32 Å². The number of aliphatic hydroxyl groups is 1. The second-order valence-electron chi connectivity index (χ2n) is 5.47. The molecule has 3 aromatic rings. The SMILES string of the molecule is O=C(Cc1ccc(-n2cnnn2)cc1)NCC(O)c1ccc(F)cc1. The topological polar surface area (TPSA) is 92.9 Å². The molecule has 0 fully saturated rings. The molecule has 1 unspecified atom stereocenters. The zero-order valence-electron chi connectivity index (χ0n) is 13.2. The molecular weight excluding hydrogens is 325 g/mol. The van der Waals surface area contributed by atoms with E-state index >= 15 is 0 Å². The molecule has 2 aromatic carbocycles. The van der Waals surface area contributed by atoms with Gasteiger partial charge in [-0.2, -0.15) is 0 Å². The van der Waals surface area contributed by atoms with E-state index in [9.17, 15) is 14.3 Å². The van der Waals surface area contributed by atoms with Crippen LogP contribution in [0.15, 0.2) is 54.9 Å². The average Bonchev–Trinajstić information content (AvgIpc) is 3.15. The van der Waals surface area contributed by atoms with Gasteiger partial charge in [0.05, 0.1) is 18.2 Å². The minimum atomic E-state index is -0.883. The van der Waals surface area contributed by atoms with Crippen molar-refractivity contribution in [3.05, 3.63) is 71.8 Å². The van der Waals surface area contributed by atoms with Crippen molar-refractivity contribution in [3.63, 3.8) is 0 Å². The van der Waals surface area contributed by atoms with E-state index in [0.717, 1.165) is 11.3 Å². The van der Waals surface area contributed by atoms with E-state index in [1.807, 2.05) is 24.3 Å². The summed E-state index contributed by atoms with van der Waals surface area (Å²) in [7, 11) is 0. The normalized spacial score (nSPS) is 11.9. The van der Waals surface area contributed by atoms with E-state index in [-0.39, 0.29) is 24.7 Å². The van der Waals surface area contributed by atoms with Crippen molar-refractivity contribution in [1.29, 1.82) is 0 Å². The molecule has 0 aliphatic heterocycles. The average molecular weight is 341 g/mol. The van der Waals surface area contributed by atoms with Crippen LogP contribution >= 0.6 is 0 Å². The van der Waals surface area contributed by atoms with Crippen molar-refractivity contribution in [1.82, 2.24) is 25.5 Å². The second kappa shape index (κ2) is 7.63. The van der Waals surface area contributed by atoms with Gasteiger partial charge in [-0.1, -0.05) is 24.3 Å². The maximum atomic E-state index is 12.9. The maximum Gasteiger partial charge on any atom is 0.224 e. The standard InChI is InChI=1S/C17H16FN5O2/c18-14-5-3-13(4-6-14)16(24)10-19-17(25)9-12-1-7-15(8-2-12)23-11-20-21-22-23/h1-8,11,16,24H,9-10H2,(H,19,25). The van der Waals surface area contributed by atoms with Crippen molar-refractivity contribution in [2.75, 3.05) is 6.54 Å². The number of tetrazole rings is 1. The first-order chi connectivity index (χ1) is 12.1. The Labute approximate surface area is 143 Å². The lowest BCUT2D eigenvalue weighted by Gasteiger charge is -2.12. The molecule has 0 saturated heterocycles. The predicted octanol–water partition coefficient (Wildman–Crippen LogP) is 1.19. The Morgan fingerprint density at radius 3 is 2.52 bits per heavy atom. The Morgan fingerprint density at radius 1 is 1.16 bits per heavy atom. The molecule has 0 radical (unpaired) electrons. The molecule has 128 valence electrons. The van der Waals surface area contributed by atoms with Crippen LogP contribution in [0.5, 0.6) is 0 Å². The molecule has 1 amide bonds. The number of amides is 1. The Bertz CT molecular complexity index is 819. The van der Waals surface area contributed by atoms with Gasteiger partial charge < -0.3 is 10.4 Å². The Morgan fingerprint density at radius 2 is 1.88 bits per heavy atom. The summed E-state index contributed by atoms with van der Waals surface area (Å²) in [6.45, 7) is 0.0627. The largest absolute Gasteiger partial charge is 0.387 e. The van der Waals surface area contributed by atoms with Crippen LogP contribution in [0.3, 0.4) is 0 Å². The van der Waals surface area contributed by atoms with Crippen LogP contribution in [0, 0.1) is 5.82 Å². The highest BCUT2D eigenvalue weighted by Crippen LogP contribution is 2.13. The van der Waals surface area contributed by atoms with Crippen LogP contribution in [-0.2, 0) is 11.2 Å². The summed E-state index contributed by atoms with van der Waals surface area (Å²) in [6.07, 6.45) is 0.789. The van der Waals surface area contributed by atoms with Crippen molar-refractivity contribution in [2.45, 2.75) is 12.5 Å². The van der Waals surface area contributed by atoms with Crippen LogP contribution in [0.25, 0.3) is 5.69 Å². The summed E-state index contributed by atoms with van der Waals surface area (Å²) in [5.74, 6) is -0.582. The lowest BCUT2D eigenvalue weighted by atomic mass is 10.1. The molecule has 0 saturated carbocycles. The minimum absolute atomic E-state index is 0.0627. The van der Waals surface area contributed by atoms with E-state index in [1.165, 1.54) is 35.3 Å². The highest BCUT2D eigenvalue weighted by atomic mass is 19.1. The van der Waals surface area contributed by atoms with E-state index in [2.05, 4.69) is 20.8 Å². The van der Waals surface area contributed by atoms with Gasteiger partial charge in [0, 0.05) is 6.54 Å². The van der Waals surface area contributed by atoms with Gasteiger partial charge in [-0.25, -0.2) is 9.07 Å². The Balaban J connectivity index is 1.51. The van der Waals surface area contributed by atoms with Crippen LogP contribution in [0.1, 0.15) is 17.2 Å². The van der Waals surface area contributed by atoms with Crippen molar-refractivity contribution >= 4 is 5.91 Å². The molecule has 0 spiro atoms.